The first-order valence-electron chi connectivity index (χ1n) is 4.80. The molecule has 0 aromatic heterocycles. The summed E-state index contributed by atoms with van der Waals surface area (Å²) < 4.78 is 14.3. The third-order valence-electron chi connectivity index (χ3n) is 2.08. The monoisotopic (exact) mass is 277 g/mol. The lowest BCUT2D eigenvalue weighted by atomic mass is 10.2. The molecule has 0 saturated heterocycles. The summed E-state index contributed by atoms with van der Waals surface area (Å²) in [5.41, 5.74) is 1.29. The first-order chi connectivity index (χ1) is 7.75. The normalized spacial score (nSPS) is 10.9. The summed E-state index contributed by atoms with van der Waals surface area (Å²) in [6.07, 6.45) is 1.53. The van der Waals surface area contributed by atoms with Crippen LogP contribution in [0.3, 0.4) is 0 Å². The molecule has 3 heteroatoms. The van der Waals surface area contributed by atoms with Gasteiger partial charge < -0.3 is 0 Å². The van der Waals surface area contributed by atoms with E-state index in [-0.39, 0.29) is 5.82 Å². The van der Waals surface area contributed by atoms with Crippen molar-refractivity contribution in [3.05, 3.63) is 64.4 Å². The van der Waals surface area contributed by atoms with E-state index in [4.69, 9.17) is 0 Å². The van der Waals surface area contributed by atoms with E-state index in [1.54, 1.807) is 18.2 Å². The summed E-state index contributed by atoms with van der Waals surface area (Å²) in [5.74, 6) is -0.261. The average molecular weight is 278 g/mol. The second-order valence-corrected chi connectivity index (χ2v) is 4.17. The fourth-order valence-corrected chi connectivity index (χ4v) is 1.52. The number of halogens is 2. The second-order valence-electron chi connectivity index (χ2n) is 3.26. The van der Waals surface area contributed by atoms with Gasteiger partial charge in [-0.15, -0.1) is 0 Å². The van der Waals surface area contributed by atoms with Crippen LogP contribution in [0.25, 0.3) is 0 Å². The Morgan fingerprint density at radius 3 is 2.38 bits per heavy atom. The molecule has 1 nitrogen and oxygen atoms in total. The molecule has 0 radical (unpaired) electrons. The van der Waals surface area contributed by atoms with Crippen LogP contribution in [0.15, 0.2) is 58.0 Å². The standard InChI is InChI=1S/C13H9BrFN/c14-11-5-7-12(8-6-11)16-9-10-3-1-2-4-13(10)15/h1-9H. The van der Waals surface area contributed by atoms with Crippen LogP contribution in [0.1, 0.15) is 5.56 Å². The Morgan fingerprint density at radius 2 is 1.69 bits per heavy atom. The zero-order valence-electron chi connectivity index (χ0n) is 8.40. The van der Waals surface area contributed by atoms with Crippen molar-refractivity contribution in [2.45, 2.75) is 0 Å². The van der Waals surface area contributed by atoms with Crippen LogP contribution in [-0.4, -0.2) is 6.21 Å². The van der Waals surface area contributed by atoms with E-state index in [0.29, 0.717) is 5.56 Å². The Labute approximate surface area is 102 Å². The molecule has 0 amide bonds. The van der Waals surface area contributed by atoms with Crippen molar-refractivity contribution in [3.8, 4) is 0 Å². The van der Waals surface area contributed by atoms with Gasteiger partial charge in [0.15, 0.2) is 0 Å². The summed E-state index contributed by atoms with van der Waals surface area (Å²) in [4.78, 5) is 4.19. The molecule has 0 heterocycles. The van der Waals surface area contributed by atoms with Gasteiger partial charge in [-0.1, -0.05) is 34.1 Å². The van der Waals surface area contributed by atoms with Gasteiger partial charge in [0, 0.05) is 16.3 Å². The van der Waals surface area contributed by atoms with Crippen LogP contribution in [-0.2, 0) is 0 Å². The van der Waals surface area contributed by atoms with Gasteiger partial charge in [0.25, 0.3) is 0 Å². The van der Waals surface area contributed by atoms with Crippen molar-refractivity contribution in [2.24, 2.45) is 4.99 Å². The molecule has 0 unspecified atom stereocenters. The Morgan fingerprint density at radius 1 is 1.00 bits per heavy atom. The average Bonchev–Trinajstić information content (AvgIpc) is 2.30. The van der Waals surface area contributed by atoms with E-state index in [9.17, 15) is 4.39 Å². The lowest BCUT2D eigenvalue weighted by Gasteiger charge is -1.96. The van der Waals surface area contributed by atoms with Crippen LogP contribution >= 0.6 is 15.9 Å². The van der Waals surface area contributed by atoms with Crippen molar-refractivity contribution < 1.29 is 4.39 Å². The van der Waals surface area contributed by atoms with E-state index in [0.717, 1.165) is 10.2 Å². The van der Waals surface area contributed by atoms with Gasteiger partial charge in [-0.3, -0.25) is 4.99 Å². The molecular formula is C13H9BrFN. The highest BCUT2D eigenvalue weighted by Crippen LogP contribution is 2.16. The Hall–Kier alpha value is -1.48. The van der Waals surface area contributed by atoms with Crippen LogP contribution in [0, 0.1) is 5.82 Å². The summed E-state index contributed by atoms with van der Waals surface area (Å²) >= 11 is 3.34. The van der Waals surface area contributed by atoms with Gasteiger partial charge in [-0.05, 0) is 30.3 Å². The molecule has 0 fully saturated rings. The number of rotatable bonds is 2. The topological polar surface area (TPSA) is 12.4 Å². The minimum absolute atomic E-state index is 0.261. The maximum Gasteiger partial charge on any atom is 0.131 e. The molecule has 2 aromatic rings. The second kappa shape index (κ2) is 5.03. The van der Waals surface area contributed by atoms with Gasteiger partial charge in [0.2, 0.25) is 0 Å². The molecule has 0 bridgehead atoms. The molecule has 0 N–H and O–H groups in total. The lowest BCUT2D eigenvalue weighted by molar-refractivity contribution is 0.626. The molecular weight excluding hydrogens is 269 g/mol. The smallest absolute Gasteiger partial charge is 0.131 e. The van der Waals surface area contributed by atoms with E-state index >= 15 is 0 Å². The highest BCUT2D eigenvalue weighted by atomic mass is 79.9. The van der Waals surface area contributed by atoms with Crippen LogP contribution in [0.4, 0.5) is 10.1 Å². The fraction of sp³-hybridized carbons (Fsp3) is 0. The zero-order chi connectivity index (χ0) is 11.4. The number of aliphatic imine (C=N–C) groups is 1. The molecule has 80 valence electrons. The SMILES string of the molecule is Fc1ccccc1C=Nc1ccc(Br)cc1. The maximum atomic E-state index is 13.3. The van der Waals surface area contributed by atoms with Crippen molar-refractivity contribution >= 4 is 27.8 Å². The number of benzene rings is 2. The van der Waals surface area contributed by atoms with Gasteiger partial charge in [-0.2, -0.15) is 0 Å². The maximum absolute atomic E-state index is 13.3. The summed E-state index contributed by atoms with van der Waals surface area (Å²) in [7, 11) is 0. The summed E-state index contributed by atoms with van der Waals surface area (Å²) in [6, 6.07) is 14.1. The minimum Gasteiger partial charge on any atom is -0.256 e. The minimum atomic E-state index is -0.261. The molecule has 2 rings (SSSR count). The number of hydrogen-bond acceptors (Lipinski definition) is 1. The zero-order valence-corrected chi connectivity index (χ0v) is 9.99. The van der Waals surface area contributed by atoms with Crippen molar-refractivity contribution in [1.29, 1.82) is 0 Å². The Bertz CT molecular complexity index is 506. The largest absolute Gasteiger partial charge is 0.256 e. The molecule has 0 atom stereocenters. The molecule has 16 heavy (non-hydrogen) atoms. The van der Waals surface area contributed by atoms with Crippen LogP contribution in [0.2, 0.25) is 0 Å². The quantitative estimate of drug-likeness (QED) is 0.725. The van der Waals surface area contributed by atoms with E-state index in [2.05, 4.69) is 20.9 Å². The first kappa shape index (κ1) is 11.0. The third-order valence-corrected chi connectivity index (χ3v) is 2.61. The fourth-order valence-electron chi connectivity index (χ4n) is 1.25. The third kappa shape index (κ3) is 2.76. The van der Waals surface area contributed by atoms with E-state index in [1.807, 2.05) is 24.3 Å². The van der Waals surface area contributed by atoms with Crippen LogP contribution in [0.5, 0.6) is 0 Å². The lowest BCUT2D eigenvalue weighted by Crippen LogP contribution is -1.85. The Kier molecular flexibility index (Phi) is 3.47. The first-order valence-corrected chi connectivity index (χ1v) is 5.59. The van der Waals surface area contributed by atoms with Crippen LogP contribution < -0.4 is 0 Å². The molecule has 0 aliphatic rings. The Balaban J connectivity index is 2.21. The molecule has 2 aromatic carbocycles. The van der Waals surface area contributed by atoms with Crippen molar-refractivity contribution in [2.75, 3.05) is 0 Å². The van der Waals surface area contributed by atoms with E-state index < -0.39 is 0 Å². The molecule has 0 aliphatic carbocycles. The number of hydrogen-bond donors (Lipinski definition) is 0. The number of nitrogens with zero attached hydrogens (tertiary/aromatic N) is 1. The summed E-state index contributed by atoms with van der Waals surface area (Å²) in [5, 5.41) is 0. The predicted octanol–water partition coefficient (Wildman–Crippen LogP) is 4.34. The van der Waals surface area contributed by atoms with E-state index in [1.165, 1.54) is 12.3 Å². The van der Waals surface area contributed by atoms with Crippen molar-refractivity contribution in [3.63, 3.8) is 0 Å². The molecule has 0 spiro atoms. The van der Waals surface area contributed by atoms with Crippen molar-refractivity contribution in [1.82, 2.24) is 0 Å². The van der Waals surface area contributed by atoms with Gasteiger partial charge in [-0.25, -0.2) is 4.39 Å². The molecule has 0 aliphatic heterocycles. The van der Waals surface area contributed by atoms with Gasteiger partial charge in [0.1, 0.15) is 5.82 Å². The predicted molar refractivity (Wildman–Crippen MR) is 67.8 cm³/mol. The highest BCUT2D eigenvalue weighted by Gasteiger charge is 1.95. The highest BCUT2D eigenvalue weighted by molar-refractivity contribution is 9.10. The molecule has 0 saturated carbocycles. The summed E-state index contributed by atoms with van der Waals surface area (Å²) in [6.45, 7) is 0. The van der Waals surface area contributed by atoms with Gasteiger partial charge in [0.05, 0.1) is 5.69 Å². The van der Waals surface area contributed by atoms with Gasteiger partial charge >= 0.3 is 0 Å².